The zero-order valence-corrected chi connectivity index (χ0v) is 14.9. The molecule has 0 aromatic carbocycles. The molecule has 2 fully saturated rings. The second-order valence-electron chi connectivity index (χ2n) is 8.67. The maximum absolute atomic E-state index is 11.0. The van der Waals surface area contributed by atoms with Gasteiger partial charge in [-0.2, -0.15) is 0 Å². The lowest BCUT2D eigenvalue weighted by atomic mass is 9.45. The summed E-state index contributed by atoms with van der Waals surface area (Å²) >= 11 is 0. The molecular weight excluding hydrogens is 256 g/mol. The van der Waals surface area contributed by atoms with Gasteiger partial charge in [0.15, 0.2) is 0 Å². The van der Waals surface area contributed by atoms with Crippen LogP contribution < -0.4 is 0 Å². The first kappa shape index (κ1) is 16.8. The molecule has 0 aliphatic heterocycles. The smallest absolute Gasteiger partial charge is 0.0687 e. The maximum atomic E-state index is 11.0. The minimum Gasteiger partial charge on any atom is -0.390 e. The van der Waals surface area contributed by atoms with Crippen LogP contribution in [0.15, 0.2) is 23.8 Å². The van der Waals surface area contributed by atoms with Gasteiger partial charge in [0.05, 0.1) is 5.60 Å². The van der Waals surface area contributed by atoms with E-state index in [4.69, 9.17) is 0 Å². The summed E-state index contributed by atoms with van der Waals surface area (Å²) in [4.78, 5) is 0. The van der Waals surface area contributed by atoms with E-state index in [0.717, 1.165) is 12.3 Å². The van der Waals surface area contributed by atoms with Crippen LogP contribution in [0.4, 0.5) is 0 Å². The third-order valence-electron chi connectivity index (χ3n) is 6.60. The van der Waals surface area contributed by atoms with E-state index in [-0.39, 0.29) is 11.3 Å². The SMILES string of the molecule is C/C=C(C)/C=C/[C@H]1C(C)(O)CCC2C(C)(C)CCC[C@@]21C. The molecule has 0 aromatic heterocycles. The number of fused-ring (bicyclic) bond motifs is 1. The Balaban J connectivity index is 2.39. The highest BCUT2D eigenvalue weighted by Crippen LogP contribution is 2.62. The molecule has 21 heavy (non-hydrogen) atoms. The van der Waals surface area contributed by atoms with Crippen LogP contribution in [-0.2, 0) is 0 Å². The Morgan fingerprint density at radius 2 is 1.76 bits per heavy atom. The van der Waals surface area contributed by atoms with Crippen LogP contribution in [-0.4, -0.2) is 10.7 Å². The van der Waals surface area contributed by atoms with E-state index < -0.39 is 5.60 Å². The summed E-state index contributed by atoms with van der Waals surface area (Å²) in [6.45, 7) is 13.6. The van der Waals surface area contributed by atoms with Crippen LogP contribution in [0, 0.1) is 22.7 Å². The van der Waals surface area contributed by atoms with Crippen molar-refractivity contribution >= 4 is 0 Å². The Morgan fingerprint density at radius 1 is 1.10 bits per heavy atom. The molecule has 2 aliphatic carbocycles. The van der Waals surface area contributed by atoms with E-state index >= 15 is 0 Å². The maximum Gasteiger partial charge on any atom is 0.0687 e. The zero-order valence-electron chi connectivity index (χ0n) is 14.9. The Bertz CT molecular complexity index is 441. The first-order chi connectivity index (χ1) is 9.63. The van der Waals surface area contributed by atoms with Crippen molar-refractivity contribution in [3.8, 4) is 0 Å². The van der Waals surface area contributed by atoms with Gasteiger partial charge in [-0.15, -0.1) is 0 Å². The summed E-state index contributed by atoms with van der Waals surface area (Å²) in [5.41, 5.74) is 1.36. The highest BCUT2D eigenvalue weighted by atomic mass is 16.3. The third-order valence-corrected chi connectivity index (χ3v) is 6.60. The highest BCUT2D eigenvalue weighted by molar-refractivity contribution is 5.21. The van der Waals surface area contributed by atoms with Crippen molar-refractivity contribution in [1.29, 1.82) is 0 Å². The van der Waals surface area contributed by atoms with Crippen LogP contribution in [0.1, 0.15) is 73.6 Å². The van der Waals surface area contributed by atoms with E-state index in [9.17, 15) is 5.11 Å². The van der Waals surface area contributed by atoms with E-state index in [2.05, 4.69) is 59.8 Å². The average Bonchev–Trinajstić information content (AvgIpc) is 2.35. The fraction of sp³-hybridized carbons (Fsp3) is 0.800. The molecule has 0 saturated heterocycles. The van der Waals surface area contributed by atoms with Crippen LogP contribution in [0.3, 0.4) is 0 Å². The third kappa shape index (κ3) is 2.99. The molecule has 0 spiro atoms. The molecule has 1 nitrogen and oxygen atoms in total. The Kier molecular flexibility index (Phi) is 4.46. The Morgan fingerprint density at radius 3 is 2.38 bits per heavy atom. The van der Waals surface area contributed by atoms with Crippen molar-refractivity contribution in [1.82, 2.24) is 0 Å². The zero-order chi connectivity index (χ0) is 15.9. The van der Waals surface area contributed by atoms with Gasteiger partial charge < -0.3 is 5.11 Å². The molecule has 120 valence electrons. The van der Waals surface area contributed by atoms with Gasteiger partial charge in [0, 0.05) is 5.92 Å². The number of rotatable bonds is 2. The van der Waals surface area contributed by atoms with Gasteiger partial charge in [-0.1, -0.05) is 51.0 Å². The standard InChI is InChI=1S/C20H34O/c1-7-15(2)9-10-17-19(5)13-8-12-18(3,4)16(19)11-14-20(17,6)21/h7,9-10,16-17,21H,8,11-14H2,1-6H3/b10-9+,15-7+/t16?,17-,19+,20?/m1/s1. The molecule has 1 heteroatoms. The largest absolute Gasteiger partial charge is 0.390 e. The molecule has 0 bridgehead atoms. The fourth-order valence-electron chi connectivity index (χ4n) is 5.33. The second kappa shape index (κ2) is 5.57. The van der Waals surface area contributed by atoms with Crippen LogP contribution in [0.5, 0.6) is 0 Å². The number of hydrogen-bond donors (Lipinski definition) is 1. The van der Waals surface area contributed by atoms with E-state index in [1.54, 1.807) is 0 Å². The lowest BCUT2D eigenvalue weighted by Gasteiger charge is -2.60. The molecule has 0 radical (unpaired) electrons. The number of allylic oxidation sites excluding steroid dienone is 3. The van der Waals surface area contributed by atoms with Crippen molar-refractivity contribution in [3.63, 3.8) is 0 Å². The summed E-state index contributed by atoms with van der Waals surface area (Å²) in [5, 5.41) is 11.0. The molecule has 1 N–H and O–H groups in total. The first-order valence-corrected chi connectivity index (χ1v) is 8.67. The average molecular weight is 290 g/mol. The van der Waals surface area contributed by atoms with Crippen LogP contribution in [0.25, 0.3) is 0 Å². The highest BCUT2D eigenvalue weighted by Gasteiger charge is 2.56. The molecule has 0 aromatic rings. The van der Waals surface area contributed by atoms with Crippen molar-refractivity contribution < 1.29 is 5.11 Å². The fourth-order valence-corrected chi connectivity index (χ4v) is 5.33. The minimum atomic E-state index is -0.566. The predicted octanol–water partition coefficient (Wildman–Crippen LogP) is 5.50. The molecule has 2 saturated carbocycles. The van der Waals surface area contributed by atoms with Crippen molar-refractivity contribution in [2.24, 2.45) is 22.7 Å². The van der Waals surface area contributed by atoms with E-state index in [1.807, 2.05) is 0 Å². The van der Waals surface area contributed by atoms with E-state index in [0.29, 0.717) is 5.41 Å². The summed E-state index contributed by atoms with van der Waals surface area (Å²) in [6, 6.07) is 0. The van der Waals surface area contributed by atoms with Gasteiger partial charge in [-0.3, -0.25) is 0 Å². The molecule has 0 amide bonds. The monoisotopic (exact) mass is 290 g/mol. The second-order valence-corrected chi connectivity index (χ2v) is 8.67. The van der Waals surface area contributed by atoms with Crippen molar-refractivity contribution in [2.75, 3.05) is 0 Å². The van der Waals surface area contributed by atoms with Gasteiger partial charge in [0.1, 0.15) is 0 Å². The Hall–Kier alpha value is -0.560. The van der Waals surface area contributed by atoms with Crippen molar-refractivity contribution in [3.05, 3.63) is 23.8 Å². The molecule has 2 unspecified atom stereocenters. The molecule has 4 atom stereocenters. The quantitative estimate of drug-likeness (QED) is 0.665. The van der Waals surface area contributed by atoms with Gasteiger partial charge in [0.25, 0.3) is 0 Å². The van der Waals surface area contributed by atoms with Crippen LogP contribution >= 0.6 is 0 Å². The van der Waals surface area contributed by atoms with Crippen LogP contribution in [0.2, 0.25) is 0 Å². The first-order valence-electron chi connectivity index (χ1n) is 8.67. The molecular formula is C20H34O. The summed E-state index contributed by atoms with van der Waals surface area (Å²) in [5.74, 6) is 0.984. The Labute approximate surface area is 131 Å². The predicted molar refractivity (Wildman–Crippen MR) is 91.1 cm³/mol. The van der Waals surface area contributed by atoms with Crippen molar-refractivity contribution in [2.45, 2.75) is 79.2 Å². The number of aliphatic hydroxyl groups is 1. The normalized spacial score (nSPS) is 43.9. The minimum absolute atomic E-state index is 0.230. The lowest BCUT2D eigenvalue weighted by Crippen LogP contribution is -2.56. The molecule has 2 aliphatic rings. The lowest BCUT2D eigenvalue weighted by molar-refractivity contribution is -0.149. The summed E-state index contributed by atoms with van der Waals surface area (Å²) in [6.07, 6.45) is 12.6. The van der Waals surface area contributed by atoms with Gasteiger partial charge in [-0.05, 0) is 63.2 Å². The molecule has 2 rings (SSSR count). The van der Waals surface area contributed by atoms with Gasteiger partial charge >= 0.3 is 0 Å². The number of hydrogen-bond acceptors (Lipinski definition) is 1. The van der Waals surface area contributed by atoms with Gasteiger partial charge in [0.2, 0.25) is 0 Å². The summed E-state index contributed by atoms with van der Waals surface area (Å²) in [7, 11) is 0. The topological polar surface area (TPSA) is 20.2 Å². The summed E-state index contributed by atoms with van der Waals surface area (Å²) < 4.78 is 0. The van der Waals surface area contributed by atoms with Gasteiger partial charge in [-0.25, -0.2) is 0 Å². The van der Waals surface area contributed by atoms with E-state index in [1.165, 1.54) is 31.3 Å². The molecule has 0 heterocycles.